The van der Waals surface area contributed by atoms with E-state index >= 15 is 0 Å². The number of rotatable bonds is 12. The first-order valence-electron chi connectivity index (χ1n) is 12.4. The molecule has 10 heteroatoms. The van der Waals surface area contributed by atoms with Crippen LogP contribution in [0.5, 0.6) is 0 Å². The van der Waals surface area contributed by atoms with Crippen LogP contribution in [0.2, 0.25) is 0 Å². The highest BCUT2D eigenvalue weighted by atomic mass is 16.4. The van der Waals surface area contributed by atoms with Crippen molar-refractivity contribution in [2.45, 2.75) is 62.9 Å². The molecule has 0 unspecified atom stereocenters. The summed E-state index contributed by atoms with van der Waals surface area (Å²) >= 11 is 0. The van der Waals surface area contributed by atoms with Gasteiger partial charge in [0.25, 0.3) is 0 Å². The average molecular weight is 511 g/mol. The van der Waals surface area contributed by atoms with E-state index < -0.39 is 48.1 Å². The van der Waals surface area contributed by atoms with E-state index in [1.807, 2.05) is 30.3 Å². The molecular weight excluding hydrogens is 476 g/mol. The van der Waals surface area contributed by atoms with Gasteiger partial charge in [-0.3, -0.25) is 14.4 Å². The third kappa shape index (κ3) is 8.40. The van der Waals surface area contributed by atoms with Crippen LogP contribution in [0, 0.1) is 0 Å². The standard InChI is InChI=1S/C27H34N4O6/c1-17(32)23(26(35)30-22(27(36)37)16-19-11-6-3-7-12-19)31-25(34)21(15-18-9-4-2-5-10-18)29-24(33)20-13-8-14-28-20/h2-7,9-12,17,20-23,28,32H,8,13-16H2,1H3,(H,29,33)(H,30,35)(H,31,34)(H,36,37)/t17-,20+,21+,22+,23+/m1/s1. The van der Waals surface area contributed by atoms with Crippen LogP contribution in [0.25, 0.3) is 0 Å². The van der Waals surface area contributed by atoms with E-state index in [9.17, 15) is 29.4 Å². The second kappa shape index (κ2) is 13.5. The zero-order valence-corrected chi connectivity index (χ0v) is 20.7. The molecule has 37 heavy (non-hydrogen) atoms. The predicted octanol–water partition coefficient (Wildman–Crippen LogP) is 0.144. The molecular formula is C27H34N4O6. The Morgan fingerprint density at radius 3 is 1.92 bits per heavy atom. The molecule has 0 aromatic heterocycles. The molecule has 3 rings (SSSR count). The number of carbonyl (C=O) groups excluding carboxylic acids is 3. The maximum Gasteiger partial charge on any atom is 0.326 e. The zero-order valence-electron chi connectivity index (χ0n) is 20.7. The zero-order chi connectivity index (χ0) is 26.8. The fraction of sp³-hybridized carbons (Fsp3) is 0.407. The van der Waals surface area contributed by atoms with Gasteiger partial charge in [0, 0.05) is 12.8 Å². The fourth-order valence-corrected chi connectivity index (χ4v) is 4.21. The topological polar surface area (TPSA) is 157 Å². The number of hydrogen-bond acceptors (Lipinski definition) is 6. The molecule has 0 bridgehead atoms. The Kier molecular flexibility index (Phi) is 10.2. The van der Waals surface area contributed by atoms with Gasteiger partial charge in [-0.15, -0.1) is 0 Å². The van der Waals surface area contributed by atoms with Crippen LogP contribution in [0.1, 0.15) is 30.9 Å². The molecule has 3 amide bonds. The molecule has 1 heterocycles. The highest BCUT2D eigenvalue weighted by Gasteiger charge is 2.33. The predicted molar refractivity (Wildman–Crippen MR) is 136 cm³/mol. The summed E-state index contributed by atoms with van der Waals surface area (Å²) in [6.07, 6.45) is 0.391. The summed E-state index contributed by atoms with van der Waals surface area (Å²) in [6.45, 7) is 2.04. The van der Waals surface area contributed by atoms with Gasteiger partial charge in [-0.2, -0.15) is 0 Å². The largest absolute Gasteiger partial charge is 0.480 e. The van der Waals surface area contributed by atoms with Gasteiger partial charge in [-0.25, -0.2) is 4.79 Å². The van der Waals surface area contributed by atoms with Crippen molar-refractivity contribution in [3.05, 3.63) is 71.8 Å². The third-order valence-corrected chi connectivity index (χ3v) is 6.25. The maximum atomic E-state index is 13.3. The SMILES string of the molecule is C[C@@H](O)[C@H](NC(=O)[C@H](Cc1ccccc1)NC(=O)[C@@H]1CCCN1)C(=O)N[C@@H](Cc1ccccc1)C(=O)O. The van der Waals surface area contributed by atoms with Crippen LogP contribution in [-0.4, -0.2) is 70.7 Å². The van der Waals surface area contributed by atoms with Gasteiger partial charge in [0.1, 0.15) is 18.1 Å². The molecule has 0 aliphatic carbocycles. The number of hydrogen-bond donors (Lipinski definition) is 6. The molecule has 1 fully saturated rings. The number of carboxylic acid groups (broad SMARTS) is 1. The van der Waals surface area contributed by atoms with Gasteiger partial charge < -0.3 is 31.5 Å². The van der Waals surface area contributed by atoms with E-state index in [1.165, 1.54) is 6.92 Å². The third-order valence-electron chi connectivity index (χ3n) is 6.25. The van der Waals surface area contributed by atoms with Gasteiger partial charge in [0.05, 0.1) is 12.1 Å². The molecule has 0 radical (unpaired) electrons. The van der Waals surface area contributed by atoms with Gasteiger partial charge >= 0.3 is 5.97 Å². The lowest BCUT2D eigenvalue weighted by atomic mass is 10.0. The lowest BCUT2D eigenvalue weighted by Crippen LogP contribution is -2.60. The number of aliphatic carboxylic acids is 1. The summed E-state index contributed by atoms with van der Waals surface area (Å²) in [6, 6.07) is 13.8. The number of benzene rings is 2. The van der Waals surface area contributed by atoms with Gasteiger partial charge in [0.2, 0.25) is 17.7 Å². The van der Waals surface area contributed by atoms with Crippen molar-refractivity contribution in [2.24, 2.45) is 0 Å². The van der Waals surface area contributed by atoms with E-state index in [2.05, 4.69) is 21.3 Å². The number of aliphatic hydroxyl groups is 1. The Hall–Kier alpha value is -3.76. The van der Waals surface area contributed by atoms with E-state index in [0.29, 0.717) is 18.5 Å². The Balaban J connectivity index is 1.72. The molecule has 0 spiro atoms. The molecule has 2 aromatic carbocycles. The van der Waals surface area contributed by atoms with Crippen molar-refractivity contribution in [1.82, 2.24) is 21.3 Å². The van der Waals surface area contributed by atoms with Gasteiger partial charge in [-0.1, -0.05) is 60.7 Å². The number of nitrogens with one attached hydrogen (secondary N) is 4. The summed E-state index contributed by atoms with van der Waals surface area (Å²) in [5.41, 5.74) is 1.51. The van der Waals surface area contributed by atoms with Crippen LogP contribution >= 0.6 is 0 Å². The minimum Gasteiger partial charge on any atom is -0.480 e. The number of carboxylic acids is 1. The van der Waals surface area contributed by atoms with Crippen LogP contribution in [-0.2, 0) is 32.0 Å². The van der Waals surface area contributed by atoms with Crippen LogP contribution in [0.3, 0.4) is 0 Å². The normalized spacial score (nSPS) is 18.2. The van der Waals surface area contributed by atoms with Crippen LogP contribution in [0.4, 0.5) is 0 Å². The minimum atomic E-state index is -1.43. The Labute approximate surface area is 215 Å². The van der Waals surface area contributed by atoms with Crippen molar-refractivity contribution < 1.29 is 29.4 Å². The smallest absolute Gasteiger partial charge is 0.326 e. The minimum absolute atomic E-state index is 0.0312. The van der Waals surface area contributed by atoms with Crippen molar-refractivity contribution in [3.8, 4) is 0 Å². The number of carbonyl (C=O) groups is 4. The Morgan fingerprint density at radius 2 is 1.43 bits per heavy atom. The number of aliphatic hydroxyl groups excluding tert-OH is 1. The highest BCUT2D eigenvalue weighted by Crippen LogP contribution is 2.09. The van der Waals surface area contributed by atoms with E-state index in [4.69, 9.17) is 0 Å². The van der Waals surface area contributed by atoms with Crippen molar-refractivity contribution in [3.63, 3.8) is 0 Å². The van der Waals surface area contributed by atoms with Crippen LogP contribution < -0.4 is 21.3 Å². The lowest BCUT2D eigenvalue weighted by molar-refractivity contribution is -0.143. The first kappa shape index (κ1) is 27.8. The number of amides is 3. The fourth-order valence-electron chi connectivity index (χ4n) is 4.21. The highest BCUT2D eigenvalue weighted by molar-refractivity contribution is 5.94. The first-order valence-corrected chi connectivity index (χ1v) is 12.4. The van der Waals surface area contributed by atoms with Crippen molar-refractivity contribution >= 4 is 23.7 Å². The van der Waals surface area contributed by atoms with Crippen molar-refractivity contribution in [2.75, 3.05) is 6.54 Å². The maximum absolute atomic E-state index is 13.3. The molecule has 198 valence electrons. The lowest BCUT2D eigenvalue weighted by Gasteiger charge is -2.26. The molecule has 1 aliphatic rings. The van der Waals surface area contributed by atoms with E-state index in [1.54, 1.807) is 30.3 Å². The van der Waals surface area contributed by atoms with Crippen molar-refractivity contribution in [1.29, 1.82) is 0 Å². The molecule has 0 saturated carbocycles. The van der Waals surface area contributed by atoms with Gasteiger partial charge in [0.15, 0.2) is 0 Å². The monoisotopic (exact) mass is 510 g/mol. The summed E-state index contributed by atoms with van der Waals surface area (Å²) in [7, 11) is 0. The second-order valence-corrected chi connectivity index (χ2v) is 9.22. The van der Waals surface area contributed by atoms with Gasteiger partial charge in [-0.05, 0) is 37.4 Å². The average Bonchev–Trinajstić information content (AvgIpc) is 3.42. The van der Waals surface area contributed by atoms with Crippen LogP contribution in [0.15, 0.2) is 60.7 Å². The summed E-state index contributed by atoms with van der Waals surface area (Å²) in [5.74, 6) is -3.06. The molecule has 1 aliphatic heterocycles. The first-order chi connectivity index (χ1) is 17.7. The molecule has 1 saturated heterocycles. The summed E-state index contributed by atoms with van der Waals surface area (Å²) < 4.78 is 0. The molecule has 6 N–H and O–H groups in total. The van der Waals surface area contributed by atoms with E-state index in [-0.39, 0.29) is 18.7 Å². The molecule has 10 nitrogen and oxygen atoms in total. The molecule has 5 atom stereocenters. The summed E-state index contributed by atoms with van der Waals surface area (Å²) in [4.78, 5) is 50.8. The Bertz CT molecular complexity index is 1060. The Morgan fingerprint density at radius 1 is 0.865 bits per heavy atom. The molecule has 2 aromatic rings. The van der Waals surface area contributed by atoms with E-state index in [0.717, 1.165) is 12.0 Å². The summed E-state index contributed by atoms with van der Waals surface area (Å²) in [5, 5.41) is 30.7. The quantitative estimate of drug-likeness (QED) is 0.237. The second-order valence-electron chi connectivity index (χ2n) is 9.22.